The lowest BCUT2D eigenvalue weighted by atomic mass is 10.2. The fourth-order valence-corrected chi connectivity index (χ4v) is 5.44. The lowest BCUT2D eigenvalue weighted by molar-refractivity contribution is -0.114. The van der Waals surface area contributed by atoms with Crippen molar-refractivity contribution in [2.75, 3.05) is 42.6 Å². The molecule has 2 aromatic carbocycles. The summed E-state index contributed by atoms with van der Waals surface area (Å²) in [6.07, 6.45) is 1.01. The third-order valence-electron chi connectivity index (χ3n) is 4.77. The largest absolute Gasteiger partial charge is 0.495 e. The van der Waals surface area contributed by atoms with E-state index in [-0.39, 0.29) is 10.6 Å². The smallest absolute Gasteiger partial charge is 0.245 e. The molecule has 32 heavy (non-hydrogen) atoms. The molecule has 0 bridgehead atoms. The van der Waals surface area contributed by atoms with Crippen LogP contribution in [-0.2, 0) is 24.8 Å². The normalized spacial score (nSPS) is 11.9. The van der Waals surface area contributed by atoms with Crippen molar-refractivity contribution in [1.82, 2.24) is 4.31 Å². The van der Waals surface area contributed by atoms with Gasteiger partial charge >= 0.3 is 0 Å². The molecule has 0 aliphatic heterocycles. The van der Waals surface area contributed by atoms with E-state index in [0.717, 1.165) is 16.1 Å². The molecule has 0 saturated carbocycles. The van der Waals surface area contributed by atoms with Crippen molar-refractivity contribution in [3.63, 3.8) is 0 Å². The molecular formula is C21H29N3O6S2. The highest BCUT2D eigenvalue weighted by Crippen LogP contribution is 2.31. The van der Waals surface area contributed by atoms with Crippen LogP contribution in [-0.4, -0.2) is 60.0 Å². The molecule has 0 atom stereocenters. The van der Waals surface area contributed by atoms with Crippen molar-refractivity contribution in [2.45, 2.75) is 25.7 Å². The van der Waals surface area contributed by atoms with Gasteiger partial charge in [-0.15, -0.1) is 0 Å². The Labute approximate surface area is 190 Å². The Morgan fingerprint density at radius 1 is 1.00 bits per heavy atom. The van der Waals surface area contributed by atoms with Crippen molar-refractivity contribution in [2.24, 2.45) is 0 Å². The molecule has 0 aromatic heterocycles. The molecule has 11 heteroatoms. The third-order valence-corrected chi connectivity index (χ3v) is 7.96. The molecule has 1 amide bonds. The molecule has 0 unspecified atom stereocenters. The second-order valence-electron chi connectivity index (χ2n) is 7.11. The highest BCUT2D eigenvalue weighted by Gasteiger charge is 2.25. The van der Waals surface area contributed by atoms with E-state index in [2.05, 4.69) is 5.32 Å². The number of sulfonamides is 2. The van der Waals surface area contributed by atoms with Gasteiger partial charge in [0, 0.05) is 18.8 Å². The molecule has 176 valence electrons. The van der Waals surface area contributed by atoms with Gasteiger partial charge in [-0.3, -0.25) is 9.10 Å². The van der Waals surface area contributed by atoms with Gasteiger partial charge in [-0.05, 0) is 48.9 Å². The maximum absolute atomic E-state index is 12.6. The van der Waals surface area contributed by atoms with Crippen LogP contribution in [0, 0.1) is 6.92 Å². The second-order valence-corrected chi connectivity index (χ2v) is 11.0. The minimum Gasteiger partial charge on any atom is -0.495 e. The Kier molecular flexibility index (Phi) is 8.27. The van der Waals surface area contributed by atoms with Crippen LogP contribution in [0.1, 0.15) is 19.4 Å². The monoisotopic (exact) mass is 483 g/mol. The SMILES string of the molecule is CCN(CC)S(=O)(=O)c1ccc(NC(=O)CN(c2cc(C)ccc2OC)S(C)(=O)=O)cc1. The van der Waals surface area contributed by atoms with Crippen LogP contribution in [0.25, 0.3) is 0 Å². The van der Waals surface area contributed by atoms with Crippen molar-refractivity contribution < 1.29 is 26.4 Å². The molecule has 0 saturated heterocycles. The Morgan fingerprint density at radius 2 is 1.59 bits per heavy atom. The number of benzene rings is 2. The molecule has 0 aliphatic carbocycles. The average molecular weight is 484 g/mol. The predicted octanol–water partition coefficient (Wildman–Crippen LogP) is 2.44. The molecule has 2 aromatic rings. The van der Waals surface area contributed by atoms with Gasteiger partial charge in [0.2, 0.25) is 26.0 Å². The van der Waals surface area contributed by atoms with Crippen molar-refractivity contribution in [1.29, 1.82) is 0 Å². The summed E-state index contributed by atoms with van der Waals surface area (Å²) in [5, 5.41) is 2.61. The van der Waals surface area contributed by atoms with E-state index in [0.29, 0.717) is 24.5 Å². The van der Waals surface area contributed by atoms with Crippen LogP contribution >= 0.6 is 0 Å². The number of hydrogen-bond donors (Lipinski definition) is 1. The van der Waals surface area contributed by atoms with Gasteiger partial charge in [0.1, 0.15) is 12.3 Å². The van der Waals surface area contributed by atoms with Gasteiger partial charge in [0.25, 0.3) is 0 Å². The number of carbonyl (C=O) groups is 1. The van der Waals surface area contributed by atoms with Crippen LogP contribution in [0.4, 0.5) is 11.4 Å². The van der Waals surface area contributed by atoms with Gasteiger partial charge in [-0.25, -0.2) is 16.8 Å². The highest BCUT2D eigenvalue weighted by molar-refractivity contribution is 7.92. The van der Waals surface area contributed by atoms with E-state index in [1.54, 1.807) is 39.0 Å². The Morgan fingerprint density at radius 3 is 2.09 bits per heavy atom. The molecule has 0 aliphatic rings. The maximum Gasteiger partial charge on any atom is 0.245 e. The first-order chi connectivity index (χ1) is 14.9. The lowest BCUT2D eigenvalue weighted by Gasteiger charge is -2.24. The zero-order chi connectivity index (χ0) is 24.1. The third kappa shape index (κ3) is 5.99. The summed E-state index contributed by atoms with van der Waals surface area (Å²) < 4.78 is 57.5. The quantitative estimate of drug-likeness (QED) is 0.555. The fourth-order valence-electron chi connectivity index (χ4n) is 3.13. The first-order valence-electron chi connectivity index (χ1n) is 9.96. The van der Waals surface area contributed by atoms with Crippen LogP contribution in [0.5, 0.6) is 5.75 Å². The van der Waals surface area contributed by atoms with E-state index in [1.807, 2.05) is 0 Å². The Balaban J connectivity index is 2.24. The molecule has 0 heterocycles. The van der Waals surface area contributed by atoms with E-state index >= 15 is 0 Å². The minimum atomic E-state index is -3.79. The van der Waals surface area contributed by atoms with E-state index in [9.17, 15) is 21.6 Å². The van der Waals surface area contributed by atoms with Gasteiger partial charge in [-0.2, -0.15) is 4.31 Å². The van der Waals surface area contributed by atoms with E-state index in [1.165, 1.54) is 35.7 Å². The maximum atomic E-state index is 12.6. The molecule has 1 N–H and O–H groups in total. The second kappa shape index (κ2) is 10.3. The average Bonchev–Trinajstić information content (AvgIpc) is 2.72. The van der Waals surface area contributed by atoms with Crippen molar-refractivity contribution >= 4 is 37.3 Å². The van der Waals surface area contributed by atoms with Crippen LogP contribution < -0.4 is 14.4 Å². The van der Waals surface area contributed by atoms with Gasteiger partial charge in [0.15, 0.2) is 0 Å². The number of hydrogen-bond acceptors (Lipinski definition) is 6. The number of nitrogens with zero attached hydrogens (tertiary/aromatic N) is 2. The lowest BCUT2D eigenvalue weighted by Crippen LogP contribution is -2.37. The molecule has 0 spiro atoms. The van der Waals surface area contributed by atoms with Crippen molar-refractivity contribution in [3.05, 3.63) is 48.0 Å². The summed E-state index contributed by atoms with van der Waals surface area (Å²) in [4.78, 5) is 12.7. The number of anilines is 2. The number of rotatable bonds is 10. The number of aryl methyl sites for hydroxylation is 1. The summed E-state index contributed by atoms with van der Waals surface area (Å²) in [6.45, 7) is 5.54. The number of methoxy groups -OCH3 is 1. The Hall–Kier alpha value is -2.63. The molecule has 9 nitrogen and oxygen atoms in total. The summed E-state index contributed by atoms with van der Waals surface area (Å²) >= 11 is 0. The molecule has 0 radical (unpaired) electrons. The van der Waals surface area contributed by atoms with Crippen LogP contribution in [0.2, 0.25) is 0 Å². The zero-order valence-electron chi connectivity index (χ0n) is 18.8. The Bertz CT molecular complexity index is 1160. The highest BCUT2D eigenvalue weighted by atomic mass is 32.2. The molecular weight excluding hydrogens is 454 g/mol. The first-order valence-corrected chi connectivity index (χ1v) is 13.2. The van der Waals surface area contributed by atoms with Gasteiger partial charge < -0.3 is 10.1 Å². The number of carbonyl (C=O) groups excluding carboxylic acids is 1. The topological polar surface area (TPSA) is 113 Å². The summed E-state index contributed by atoms with van der Waals surface area (Å²) in [5.41, 5.74) is 1.41. The first kappa shape index (κ1) is 25.6. The van der Waals surface area contributed by atoms with Crippen LogP contribution in [0.3, 0.4) is 0 Å². The minimum absolute atomic E-state index is 0.112. The summed E-state index contributed by atoms with van der Waals surface area (Å²) in [5.74, 6) is -0.266. The number of nitrogens with one attached hydrogen (secondary N) is 1. The van der Waals surface area contributed by atoms with E-state index < -0.39 is 32.5 Å². The zero-order valence-corrected chi connectivity index (χ0v) is 20.5. The van der Waals surface area contributed by atoms with Gasteiger partial charge in [-0.1, -0.05) is 19.9 Å². The standard InChI is InChI=1S/C21H29N3O6S2/c1-6-23(7-2)32(28,29)18-11-9-17(10-12-18)22-21(25)15-24(31(5,26)27)19-14-16(3)8-13-20(19)30-4/h8-14H,6-7,15H2,1-5H3,(H,22,25). The van der Waals surface area contributed by atoms with Gasteiger partial charge in [0.05, 0.1) is 23.9 Å². The van der Waals surface area contributed by atoms with E-state index in [4.69, 9.17) is 4.74 Å². The molecule has 0 fully saturated rings. The predicted molar refractivity (Wildman–Crippen MR) is 125 cm³/mol. The van der Waals surface area contributed by atoms with Crippen molar-refractivity contribution in [3.8, 4) is 5.75 Å². The summed E-state index contributed by atoms with van der Waals surface area (Å²) in [6, 6.07) is 10.8. The fraction of sp³-hybridized carbons (Fsp3) is 0.381. The van der Waals surface area contributed by atoms with Crippen LogP contribution in [0.15, 0.2) is 47.4 Å². The summed E-state index contributed by atoms with van der Waals surface area (Å²) in [7, 11) is -5.98. The number of ether oxygens (including phenoxy) is 1. The number of amides is 1. The molecule has 2 rings (SSSR count).